The molecule has 4 aromatic rings. The van der Waals surface area contributed by atoms with Gasteiger partial charge in [-0.15, -0.1) is 0 Å². The molecule has 0 radical (unpaired) electrons. The Kier molecular flexibility index (Phi) is 4.00. The Labute approximate surface area is 145 Å². The first kappa shape index (κ1) is 15.1. The van der Waals surface area contributed by atoms with E-state index in [1.54, 1.807) is 10.9 Å². The molecule has 124 valence electrons. The molecule has 0 saturated carbocycles. The van der Waals surface area contributed by atoms with Gasteiger partial charge in [0.05, 0.1) is 11.2 Å². The minimum absolute atomic E-state index is 0.491. The average Bonchev–Trinajstić information content (AvgIpc) is 3.16. The Balaban J connectivity index is 1.60. The highest BCUT2D eigenvalue weighted by Crippen LogP contribution is 2.26. The summed E-state index contributed by atoms with van der Waals surface area (Å²) >= 11 is 0. The lowest BCUT2D eigenvalue weighted by Crippen LogP contribution is -2.07. The third kappa shape index (κ3) is 3.28. The largest absolute Gasteiger partial charge is 0.384 e. The summed E-state index contributed by atoms with van der Waals surface area (Å²) in [6.07, 6.45) is 6.31. The maximum absolute atomic E-state index is 5.99. The SMILES string of the molecule is Nc1cc(NCCc2ccccn2)c2ccc(-n3cccn3)cc2n1. The molecular formula is C19H18N6. The number of nitrogens with two attached hydrogens (primary N) is 1. The van der Waals surface area contributed by atoms with E-state index in [9.17, 15) is 0 Å². The van der Waals surface area contributed by atoms with Crippen molar-refractivity contribution in [2.24, 2.45) is 0 Å². The van der Waals surface area contributed by atoms with Crippen LogP contribution in [0.2, 0.25) is 0 Å². The molecule has 0 atom stereocenters. The van der Waals surface area contributed by atoms with Gasteiger partial charge in [-0.1, -0.05) is 6.07 Å². The molecule has 4 rings (SSSR count). The van der Waals surface area contributed by atoms with Gasteiger partial charge in [-0.05, 0) is 36.4 Å². The lowest BCUT2D eigenvalue weighted by Gasteiger charge is -2.11. The van der Waals surface area contributed by atoms with Crippen LogP contribution in [-0.4, -0.2) is 26.3 Å². The summed E-state index contributed by atoms with van der Waals surface area (Å²) in [5.74, 6) is 0.491. The fourth-order valence-corrected chi connectivity index (χ4v) is 2.82. The summed E-state index contributed by atoms with van der Waals surface area (Å²) in [7, 11) is 0. The highest BCUT2D eigenvalue weighted by molar-refractivity contribution is 5.93. The molecule has 3 heterocycles. The van der Waals surface area contributed by atoms with E-state index in [0.29, 0.717) is 5.82 Å². The number of rotatable bonds is 5. The second-order valence-electron chi connectivity index (χ2n) is 5.74. The van der Waals surface area contributed by atoms with E-state index in [1.807, 2.05) is 60.9 Å². The van der Waals surface area contributed by atoms with Crippen molar-refractivity contribution < 1.29 is 0 Å². The van der Waals surface area contributed by atoms with Crippen LogP contribution in [0.4, 0.5) is 11.5 Å². The topological polar surface area (TPSA) is 81.6 Å². The van der Waals surface area contributed by atoms with E-state index in [1.165, 1.54) is 0 Å². The standard InChI is InChI=1S/C19H18N6/c20-19-13-17(22-10-7-14-4-1-2-8-21-14)16-6-5-15(12-18(16)24-19)25-11-3-9-23-25/h1-6,8-9,11-13H,7,10H2,(H3,20,22,24). The zero-order chi connectivity index (χ0) is 17.1. The number of hydrogen-bond acceptors (Lipinski definition) is 5. The number of nitrogen functional groups attached to an aromatic ring is 1. The van der Waals surface area contributed by atoms with Crippen LogP contribution in [-0.2, 0) is 6.42 Å². The second-order valence-corrected chi connectivity index (χ2v) is 5.74. The summed E-state index contributed by atoms with van der Waals surface area (Å²) in [6.45, 7) is 0.774. The molecular weight excluding hydrogens is 312 g/mol. The average molecular weight is 330 g/mol. The molecule has 3 N–H and O–H groups in total. The zero-order valence-electron chi connectivity index (χ0n) is 13.6. The number of anilines is 2. The number of nitrogens with one attached hydrogen (secondary N) is 1. The van der Waals surface area contributed by atoms with Gasteiger partial charge in [0.25, 0.3) is 0 Å². The van der Waals surface area contributed by atoms with Crippen molar-refractivity contribution in [2.75, 3.05) is 17.6 Å². The number of fused-ring (bicyclic) bond motifs is 1. The Bertz CT molecular complexity index is 980. The van der Waals surface area contributed by atoms with Crippen molar-refractivity contribution in [1.82, 2.24) is 19.7 Å². The van der Waals surface area contributed by atoms with Crippen LogP contribution >= 0.6 is 0 Å². The van der Waals surface area contributed by atoms with E-state index < -0.39 is 0 Å². The Hall–Kier alpha value is -3.41. The monoisotopic (exact) mass is 330 g/mol. The zero-order valence-corrected chi connectivity index (χ0v) is 13.6. The highest BCUT2D eigenvalue weighted by Gasteiger charge is 2.07. The molecule has 3 aromatic heterocycles. The van der Waals surface area contributed by atoms with Crippen molar-refractivity contribution in [2.45, 2.75) is 6.42 Å². The minimum atomic E-state index is 0.491. The maximum Gasteiger partial charge on any atom is 0.126 e. The van der Waals surface area contributed by atoms with Gasteiger partial charge in [0, 0.05) is 54.4 Å². The molecule has 0 unspecified atom stereocenters. The van der Waals surface area contributed by atoms with Crippen LogP contribution in [0.3, 0.4) is 0 Å². The van der Waals surface area contributed by atoms with Gasteiger partial charge in [-0.25, -0.2) is 9.67 Å². The van der Waals surface area contributed by atoms with Gasteiger partial charge in [-0.2, -0.15) is 5.10 Å². The predicted molar refractivity (Wildman–Crippen MR) is 99.7 cm³/mol. The number of hydrogen-bond donors (Lipinski definition) is 2. The molecule has 0 spiro atoms. The van der Waals surface area contributed by atoms with Crippen LogP contribution in [0.25, 0.3) is 16.6 Å². The Morgan fingerprint density at radius 1 is 1.04 bits per heavy atom. The molecule has 6 heteroatoms. The van der Waals surface area contributed by atoms with Gasteiger partial charge in [0.1, 0.15) is 5.82 Å². The van der Waals surface area contributed by atoms with Crippen LogP contribution in [0.1, 0.15) is 5.69 Å². The molecule has 0 bridgehead atoms. The summed E-state index contributed by atoms with van der Waals surface area (Å²) in [5.41, 5.74) is 9.82. The molecule has 25 heavy (non-hydrogen) atoms. The lowest BCUT2D eigenvalue weighted by molar-refractivity contribution is 0.881. The van der Waals surface area contributed by atoms with Gasteiger partial charge in [-0.3, -0.25) is 4.98 Å². The van der Waals surface area contributed by atoms with Crippen molar-refractivity contribution in [3.63, 3.8) is 0 Å². The first-order valence-electron chi connectivity index (χ1n) is 8.14. The summed E-state index contributed by atoms with van der Waals surface area (Å²) in [6, 6.07) is 15.8. The maximum atomic E-state index is 5.99. The number of pyridine rings is 2. The third-order valence-electron chi connectivity index (χ3n) is 4.00. The molecule has 6 nitrogen and oxygen atoms in total. The molecule has 1 aromatic carbocycles. The fraction of sp³-hybridized carbons (Fsp3) is 0.105. The second kappa shape index (κ2) is 6.60. The van der Waals surface area contributed by atoms with E-state index in [2.05, 4.69) is 20.4 Å². The van der Waals surface area contributed by atoms with E-state index in [4.69, 9.17) is 5.73 Å². The molecule has 0 saturated heterocycles. The summed E-state index contributed by atoms with van der Waals surface area (Å²) in [5, 5.41) is 8.74. The number of nitrogens with zero attached hydrogens (tertiary/aromatic N) is 4. The quantitative estimate of drug-likeness (QED) is 0.588. The van der Waals surface area contributed by atoms with Crippen molar-refractivity contribution >= 4 is 22.4 Å². The van der Waals surface area contributed by atoms with Crippen molar-refractivity contribution in [3.05, 3.63) is 72.8 Å². The summed E-state index contributed by atoms with van der Waals surface area (Å²) in [4.78, 5) is 8.80. The highest BCUT2D eigenvalue weighted by atomic mass is 15.3. The Morgan fingerprint density at radius 3 is 2.80 bits per heavy atom. The van der Waals surface area contributed by atoms with Crippen molar-refractivity contribution in [1.29, 1.82) is 0 Å². The van der Waals surface area contributed by atoms with E-state index in [0.717, 1.165) is 40.9 Å². The number of benzene rings is 1. The fourth-order valence-electron chi connectivity index (χ4n) is 2.82. The normalized spacial score (nSPS) is 10.9. The molecule has 0 amide bonds. The molecule has 0 aliphatic carbocycles. The van der Waals surface area contributed by atoms with Crippen LogP contribution in [0.5, 0.6) is 0 Å². The first-order chi connectivity index (χ1) is 12.3. The van der Waals surface area contributed by atoms with E-state index in [-0.39, 0.29) is 0 Å². The van der Waals surface area contributed by atoms with Gasteiger partial charge in [0.2, 0.25) is 0 Å². The van der Waals surface area contributed by atoms with Gasteiger partial charge >= 0.3 is 0 Å². The van der Waals surface area contributed by atoms with Crippen LogP contribution in [0.15, 0.2) is 67.1 Å². The summed E-state index contributed by atoms with van der Waals surface area (Å²) < 4.78 is 1.80. The third-order valence-corrected chi connectivity index (χ3v) is 4.00. The smallest absolute Gasteiger partial charge is 0.126 e. The number of aromatic nitrogens is 4. The van der Waals surface area contributed by atoms with Gasteiger partial charge < -0.3 is 11.1 Å². The molecule has 0 fully saturated rings. The lowest BCUT2D eigenvalue weighted by atomic mass is 10.1. The van der Waals surface area contributed by atoms with Crippen LogP contribution < -0.4 is 11.1 Å². The van der Waals surface area contributed by atoms with Gasteiger partial charge in [0.15, 0.2) is 0 Å². The van der Waals surface area contributed by atoms with Crippen LogP contribution in [0, 0.1) is 0 Å². The minimum Gasteiger partial charge on any atom is -0.384 e. The predicted octanol–water partition coefficient (Wildman–Crippen LogP) is 3.05. The Morgan fingerprint density at radius 2 is 2.00 bits per heavy atom. The van der Waals surface area contributed by atoms with E-state index >= 15 is 0 Å². The first-order valence-corrected chi connectivity index (χ1v) is 8.14. The molecule has 0 aliphatic rings. The molecule has 0 aliphatic heterocycles. The van der Waals surface area contributed by atoms with Crippen molar-refractivity contribution in [3.8, 4) is 5.69 Å².